The molecule has 3 N–H and O–H groups in total. The van der Waals surface area contributed by atoms with E-state index in [1.807, 2.05) is 24.3 Å². The number of nitrogens with two attached hydrogens (primary N) is 1. The van der Waals surface area contributed by atoms with Crippen LogP contribution < -0.4 is 16.0 Å². The first-order valence-electron chi connectivity index (χ1n) is 8.19. The molecule has 140 valence electrons. The number of benzene rings is 2. The maximum atomic E-state index is 13.9. The molecule has 4 nitrogen and oxygen atoms in total. The number of aryl methyl sites for hydroxylation is 1. The molecule has 0 aliphatic heterocycles. The van der Waals surface area contributed by atoms with Crippen molar-refractivity contribution in [3.05, 3.63) is 85.7 Å². The summed E-state index contributed by atoms with van der Waals surface area (Å²) >= 11 is 3.25. The van der Waals surface area contributed by atoms with E-state index in [0.29, 0.717) is 23.6 Å². The highest BCUT2D eigenvalue weighted by Crippen LogP contribution is 2.37. The topological polar surface area (TPSA) is 68.1 Å². The van der Waals surface area contributed by atoms with Gasteiger partial charge >= 0.3 is 0 Å². The number of halogens is 3. The molecule has 3 rings (SSSR count). The van der Waals surface area contributed by atoms with Crippen LogP contribution in [0.4, 0.5) is 8.78 Å². The van der Waals surface area contributed by atoms with Crippen LogP contribution in [0.1, 0.15) is 16.8 Å². The molecule has 7 heteroatoms. The number of H-pyrrole nitrogens is 1. The second kappa shape index (κ2) is 8.02. The Labute approximate surface area is 163 Å². The van der Waals surface area contributed by atoms with E-state index in [-0.39, 0.29) is 22.2 Å². The van der Waals surface area contributed by atoms with Gasteiger partial charge in [-0.05, 0) is 46.1 Å². The lowest BCUT2D eigenvalue weighted by Crippen LogP contribution is -2.13. The SMILES string of the molecule is Cc1[nH]c(=O)c(Br)c(OCc2ccc(F)cc2F)c1-c1ccc(CN)cc1. The minimum Gasteiger partial charge on any atom is -0.487 e. The van der Waals surface area contributed by atoms with Crippen molar-refractivity contribution >= 4 is 15.9 Å². The molecule has 0 fully saturated rings. The summed E-state index contributed by atoms with van der Waals surface area (Å²) in [4.78, 5) is 14.9. The molecule has 1 heterocycles. The van der Waals surface area contributed by atoms with Gasteiger partial charge in [-0.1, -0.05) is 24.3 Å². The van der Waals surface area contributed by atoms with Gasteiger partial charge in [0.15, 0.2) is 0 Å². The fourth-order valence-corrected chi connectivity index (χ4v) is 3.16. The molecule has 0 radical (unpaired) electrons. The van der Waals surface area contributed by atoms with E-state index in [0.717, 1.165) is 23.3 Å². The lowest BCUT2D eigenvalue weighted by Gasteiger charge is -2.16. The molecule has 1 aromatic heterocycles. The van der Waals surface area contributed by atoms with Crippen LogP contribution in [0.3, 0.4) is 0 Å². The normalized spacial score (nSPS) is 10.9. The highest BCUT2D eigenvalue weighted by Gasteiger charge is 2.18. The van der Waals surface area contributed by atoms with Crippen molar-refractivity contribution in [3.63, 3.8) is 0 Å². The van der Waals surface area contributed by atoms with E-state index >= 15 is 0 Å². The van der Waals surface area contributed by atoms with Crippen LogP contribution in [-0.4, -0.2) is 4.98 Å². The van der Waals surface area contributed by atoms with E-state index in [1.54, 1.807) is 6.92 Å². The van der Waals surface area contributed by atoms with E-state index in [1.165, 1.54) is 6.07 Å². The Hall–Kier alpha value is -2.51. The molecule has 0 saturated heterocycles. The molecule has 0 aliphatic rings. The number of aromatic amines is 1. The Morgan fingerprint density at radius 3 is 2.48 bits per heavy atom. The number of hydrogen-bond donors (Lipinski definition) is 2. The summed E-state index contributed by atoms with van der Waals surface area (Å²) in [6.45, 7) is 2.02. The summed E-state index contributed by atoms with van der Waals surface area (Å²) < 4.78 is 33.0. The minimum absolute atomic E-state index is 0.151. The van der Waals surface area contributed by atoms with Gasteiger partial charge in [-0.2, -0.15) is 0 Å². The molecule has 3 aromatic rings. The number of rotatable bonds is 5. The summed E-state index contributed by atoms with van der Waals surface area (Å²) in [5.74, 6) is -1.08. The summed E-state index contributed by atoms with van der Waals surface area (Å²) in [5, 5.41) is 0. The smallest absolute Gasteiger partial charge is 0.266 e. The molecule has 0 saturated carbocycles. The van der Waals surface area contributed by atoms with Crippen LogP contribution in [0.15, 0.2) is 51.7 Å². The van der Waals surface area contributed by atoms with Crippen molar-refractivity contribution in [1.82, 2.24) is 4.98 Å². The van der Waals surface area contributed by atoms with Crippen molar-refractivity contribution in [2.75, 3.05) is 0 Å². The predicted molar refractivity (Wildman–Crippen MR) is 104 cm³/mol. The van der Waals surface area contributed by atoms with Crippen LogP contribution in [0.25, 0.3) is 11.1 Å². The van der Waals surface area contributed by atoms with E-state index < -0.39 is 11.6 Å². The Balaban J connectivity index is 2.03. The Morgan fingerprint density at radius 1 is 1.15 bits per heavy atom. The number of hydrogen-bond acceptors (Lipinski definition) is 3. The van der Waals surface area contributed by atoms with E-state index in [4.69, 9.17) is 10.5 Å². The number of aromatic nitrogens is 1. The van der Waals surface area contributed by atoms with Crippen LogP contribution in [0.2, 0.25) is 0 Å². The Morgan fingerprint density at radius 2 is 1.85 bits per heavy atom. The van der Waals surface area contributed by atoms with Gasteiger partial charge in [-0.3, -0.25) is 4.79 Å². The monoisotopic (exact) mass is 434 g/mol. The molecule has 0 unspecified atom stereocenters. The number of ether oxygens (including phenoxy) is 1. The molecule has 2 aromatic carbocycles. The first-order valence-corrected chi connectivity index (χ1v) is 8.98. The van der Waals surface area contributed by atoms with Crippen molar-refractivity contribution in [1.29, 1.82) is 0 Å². The molecule has 0 spiro atoms. The van der Waals surface area contributed by atoms with Crippen molar-refractivity contribution < 1.29 is 13.5 Å². The second-order valence-corrected chi connectivity index (χ2v) is 6.82. The van der Waals surface area contributed by atoms with Gasteiger partial charge in [0, 0.05) is 29.4 Å². The number of pyridine rings is 1. The summed E-state index contributed by atoms with van der Waals surface area (Å²) in [5.41, 5.74) is 8.53. The van der Waals surface area contributed by atoms with E-state index in [2.05, 4.69) is 20.9 Å². The number of nitrogens with one attached hydrogen (secondary N) is 1. The molecular weight excluding hydrogens is 418 g/mol. The highest BCUT2D eigenvalue weighted by atomic mass is 79.9. The van der Waals surface area contributed by atoms with E-state index in [9.17, 15) is 13.6 Å². The first kappa shape index (κ1) is 19.3. The lowest BCUT2D eigenvalue weighted by atomic mass is 10.0. The zero-order valence-electron chi connectivity index (χ0n) is 14.5. The van der Waals surface area contributed by atoms with Gasteiger partial charge in [0.25, 0.3) is 5.56 Å². The molecular formula is C20H17BrF2N2O2. The minimum atomic E-state index is -0.707. The highest BCUT2D eigenvalue weighted by molar-refractivity contribution is 9.10. The standard InChI is InChI=1S/C20H17BrF2N2O2/c1-11-17(13-4-2-12(9-24)3-5-13)19(18(21)20(26)25-11)27-10-14-6-7-15(22)8-16(14)23/h2-8H,9-10,24H2,1H3,(H,25,26). The third kappa shape index (κ3) is 4.09. The maximum absolute atomic E-state index is 13.9. The largest absolute Gasteiger partial charge is 0.487 e. The maximum Gasteiger partial charge on any atom is 0.266 e. The lowest BCUT2D eigenvalue weighted by molar-refractivity contribution is 0.298. The molecule has 27 heavy (non-hydrogen) atoms. The van der Waals surface area contributed by atoms with Crippen LogP contribution in [0.5, 0.6) is 5.75 Å². The fourth-order valence-electron chi connectivity index (χ4n) is 2.75. The summed E-state index contributed by atoms with van der Waals surface area (Å²) in [6, 6.07) is 10.8. The zero-order valence-corrected chi connectivity index (χ0v) is 16.1. The average molecular weight is 435 g/mol. The molecule has 0 amide bonds. The van der Waals surface area contributed by atoms with Gasteiger partial charge in [-0.15, -0.1) is 0 Å². The quantitative estimate of drug-likeness (QED) is 0.623. The van der Waals surface area contributed by atoms with Crippen LogP contribution in [-0.2, 0) is 13.2 Å². The van der Waals surface area contributed by atoms with Crippen molar-refractivity contribution in [2.45, 2.75) is 20.1 Å². The third-order valence-electron chi connectivity index (χ3n) is 4.17. The predicted octanol–water partition coefficient (Wildman–Crippen LogP) is 4.43. The Bertz CT molecular complexity index is 1030. The second-order valence-electron chi connectivity index (χ2n) is 6.02. The Kier molecular flexibility index (Phi) is 5.72. The first-order chi connectivity index (χ1) is 12.9. The van der Waals surface area contributed by atoms with Crippen LogP contribution in [0, 0.1) is 18.6 Å². The zero-order chi connectivity index (χ0) is 19.6. The molecule has 0 atom stereocenters. The molecule has 0 aliphatic carbocycles. The van der Waals surface area contributed by atoms with Gasteiger partial charge in [0.05, 0.1) is 0 Å². The van der Waals surface area contributed by atoms with Gasteiger partial charge in [0.1, 0.15) is 28.5 Å². The summed E-state index contributed by atoms with van der Waals surface area (Å²) in [7, 11) is 0. The molecule has 0 bridgehead atoms. The van der Waals surface area contributed by atoms with Gasteiger partial charge in [0.2, 0.25) is 0 Å². The average Bonchev–Trinajstić information content (AvgIpc) is 2.65. The van der Waals surface area contributed by atoms with Crippen molar-refractivity contribution in [3.8, 4) is 16.9 Å². The van der Waals surface area contributed by atoms with Crippen LogP contribution >= 0.6 is 15.9 Å². The van der Waals surface area contributed by atoms with Crippen molar-refractivity contribution in [2.24, 2.45) is 5.73 Å². The third-order valence-corrected chi connectivity index (χ3v) is 4.89. The van der Waals surface area contributed by atoms with Gasteiger partial charge in [-0.25, -0.2) is 8.78 Å². The summed E-state index contributed by atoms with van der Waals surface area (Å²) in [6.07, 6.45) is 0. The fraction of sp³-hybridized carbons (Fsp3) is 0.150. The van der Waals surface area contributed by atoms with Gasteiger partial charge < -0.3 is 15.5 Å².